The van der Waals surface area contributed by atoms with Crippen LogP contribution in [0.5, 0.6) is 11.5 Å². The van der Waals surface area contributed by atoms with Crippen molar-refractivity contribution in [2.75, 3.05) is 0 Å². The number of hydrogen-bond acceptors (Lipinski definition) is 4. The highest BCUT2D eigenvalue weighted by Gasteiger charge is 1.96. The Labute approximate surface area is 117 Å². The SMILES string of the molecule is C=C(N=Cc1ccccc1O)N=Cc1ccccc1O. The predicted octanol–water partition coefficient (Wildman–Crippen LogP) is 3.11. The Kier molecular flexibility index (Phi) is 4.29. The van der Waals surface area contributed by atoms with Crippen LogP contribution in [-0.4, -0.2) is 22.6 Å². The second-order valence-electron chi connectivity index (χ2n) is 4.05. The number of aromatic hydroxyl groups is 2. The lowest BCUT2D eigenvalue weighted by atomic mass is 10.2. The van der Waals surface area contributed by atoms with Gasteiger partial charge in [-0.1, -0.05) is 30.8 Å². The van der Waals surface area contributed by atoms with Crippen molar-refractivity contribution >= 4 is 12.4 Å². The summed E-state index contributed by atoms with van der Waals surface area (Å²) in [6.45, 7) is 3.69. The molecule has 0 radical (unpaired) electrons. The molecule has 0 unspecified atom stereocenters. The molecule has 100 valence electrons. The average molecular weight is 266 g/mol. The maximum Gasteiger partial charge on any atom is 0.144 e. The van der Waals surface area contributed by atoms with Gasteiger partial charge in [-0.05, 0) is 24.3 Å². The average Bonchev–Trinajstić information content (AvgIpc) is 2.45. The van der Waals surface area contributed by atoms with Crippen molar-refractivity contribution in [2.45, 2.75) is 0 Å². The lowest BCUT2D eigenvalue weighted by Gasteiger charge is -1.98. The van der Waals surface area contributed by atoms with E-state index in [1.165, 1.54) is 12.4 Å². The molecule has 0 fully saturated rings. The minimum atomic E-state index is 0.147. The molecule has 0 bridgehead atoms. The number of phenolic OH excluding ortho intramolecular Hbond substituents is 2. The molecule has 0 aliphatic carbocycles. The summed E-state index contributed by atoms with van der Waals surface area (Å²) in [5, 5.41) is 19.2. The molecule has 0 amide bonds. The van der Waals surface area contributed by atoms with Crippen LogP contribution in [0.3, 0.4) is 0 Å². The highest BCUT2D eigenvalue weighted by molar-refractivity contribution is 5.85. The first-order valence-electron chi connectivity index (χ1n) is 6.00. The molecule has 0 aromatic heterocycles. The molecule has 0 aliphatic heterocycles. The Morgan fingerprint density at radius 1 is 0.800 bits per heavy atom. The quantitative estimate of drug-likeness (QED) is 0.835. The van der Waals surface area contributed by atoms with Crippen molar-refractivity contribution < 1.29 is 10.2 Å². The first kappa shape index (κ1) is 13.5. The summed E-state index contributed by atoms with van der Waals surface area (Å²) >= 11 is 0. The second-order valence-corrected chi connectivity index (χ2v) is 4.05. The maximum atomic E-state index is 9.58. The van der Waals surface area contributed by atoms with Crippen molar-refractivity contribution in [1.82, 2.24) is 0 Å². The van der Waals surface area contributed by atoms with E-state index in [1.807, 2.05) is 0 Å². The largest absolute Gasteiger partial charge is 0.507 e. The Morgan fingerprint density at radius 3 is 1.60 bits per heavy atom. The number of nitrogens with zero attached hydrogens (tertiary/aromatic N) is 2. The van der Waals surface area contributed by atoms with Gasteiger partial charge in [0.2, 0.25) is 0 Å². The molecule has 2 N–H and O–H groups in total. The number of rotatable bonds is 4. The second kappa shape index (κ2) is 6.33. The molecule has 0 heterocycles. The van der Waals surface area contributed by atoms with Gasteiger partial charge in [0.25, 0.3) is 0 Å². The topological polar surface area (TPSA) is 65.2 Å². The Bertz CT molecular complexity index is 618. The number of benzene rings is 2. The van der Waals surface area contributed by atoms with E-state index in [9.17, 15) is 10.2 Å². The van der Waals surface area contributed by atoms with E-state index in [2.05, 4.69) is 16.6 Å². The minimum Gasteiger partial charge on any atom is -0.507 e. The van der Waals surface area contributed by atoms with E-state index in [1.54, 1.807) is 48.5 Å². The number of para-hydroxylation sites is 2. The van der Waals surface area contributed by atoms with Crippen LogP contribution in [0.2, 0.25) is 0 Å². The Balaban J connectivity index is 2.07. The standard InChI is InChI=1S/C16H14N2O2/c1-12(17-10-13-6-2-4-8-15(13)19)18-11-14-7-3-5-9-16(14)20/h2-11,19-20H,1H2. The van der Waals surface area contributed by atoms with Gasteiger partial charge in [-0.3, -0.25) is 0 Å². The van der Waals surface area contributed by atoms with Gasteiger partial charge >= 0.3 is 0 Å². The molecule has 0 spiro atoms. The van der Waals surface area contributed by atoms with Crippen molar-refractivity contribution in [2.24, 2.45) is 9.98 Å². The zero-order valence-corrected chi connectivity index (χ0v) is 10.8. The fourth-order valence-electron chi connectivity index (χ4n) is 1.51. The van der Waals surface area contributed by atoms with E-state index in [4.69, 9.17) is 0 Å². The fourth-order valence-corrected chi connectivity index (χ4v) is 1.51. The molecule has 2 aromatic carbocycles. The minimum absolute atomic E-state index is 0.147. The van der Waals surface area contributed by atoms with Gasteiger partial charge in [-0.25, -0.2) is 9.98 Å². The van der Waals surface area contributed by atoms with Crippen molar-refractivity contribution in [3.05, 3.63) is 72.1 Å². The molecule has 0 saturated carbocycles. The lowest BCUT2D eigenvalue weighted by Crippen LogP contribution is -1.84. The third kappa shape index (κ3) is 3.55. The van der Waals surface area contributed by atoms with Gasteiger partial charge in [-0.15, -0.1) is 0 Å². The molecule has 0 aliphatic rings. The van der Waals surface area contributed by atoms with Crippen LogP contribution in [0.1, 0.15) is 11.1 Å². The van der Waals surface area contributed by atoms with Gasteiger partial charge < -0.3 is 10.2 Å². The lowest BCUT2D eigenvalue weighted by molar-refractivity contribution is 0.474. The summed E-state index contributed by atoms with van der Waals surface area (Å²) in [5.74, 6) is 0.568. The number of aliphatic imine (C=N–C) groups is 2. The Morgan fingerprint density at radius 2 is 1.20 bits per heavy atom. The molecule has 4 heteroatoms. The highest BCUT2D eigenvalue weighted by Crippen LogP contribution is 2.15. The molecule has 2 aromatic rings. The van der Waals surface area contributed by atoms with Crippen molar-refractivity contribution in [3.8, 4) is 11.5 Å². The zero-order valence-electron chi connectivity index (χ0n) is 10.8. The first-order valence-corrected chi connectivity index (χ1v) is 6.00. The molecule has 4 nitrogen and oxygen atoms in total. The molecule has 0 saturated heterocycles. The van der Waals surface area contributed by atoms with Crippen LogP contribution in [-0.2, 0) is 0 Å². The number of phenols is 2. The van der Waals surface area contributed by atoms with Gasteiger partial charge in [0.15, 0.2) is 0 Å². The molecular formula is C16H14N2O2. The third-order valence-corrected chi connectivity index (χ3v) is 2.58. The van der Waals surface area contributed by atoms with Crippen LogP contribution in [0.15, 0.2) is 70.9 Å². The van der Waals surface area contributed by atoms with Gasteiger partial charge in [0.1, 0.15) is 17.3 Å². The smallest absolute Gasteiger partial charge is 0.144 e. The summed E-state index contributed by atoms with van der Waals surface area (Å²) in [5.41, 5.74) is 1.18. The molecule has 0 atom stereocenters. The van der Waals surface area contributed by atoms with Crippen molar-refractivity contribution in [1.29, 1.82) is 0 Å². The summed E-state index contributed by atoms with van der Waals surface area (Å²) in [6.07, 6.45) is 2.97. The molecule has 20 heavy (non-hydrogen) atoms. The summed E-state index contributed by atoms with van der Waals surface area (Å²) in [7, 11) is 0. The fraction of sp³-hybridized carbons (Fsp3) is 0. The van der Waals surface area contributed by atoms with E-state index in [0.29, 0.717) is 11.1 Å². The van der Waals surface area contributed by atoms with Crippen LogP contribution in [0.4, 0.5) is 0 Å². The maximum absolute atomic E-state index is 9.58. The zero-order chi connectivity index (χ0) is 14.4. The van der Waals surface area contributed by atoms with E-state index in [0.717, 1.165) is 0 Å². The van der Waals surface area contributed by atoms with E-state index >= 15 is 0 Å². The number of hydrogen-bond donors (Lipinski definition) is 2. The summed E-state index contributed by atoms with van der Waals surface area (Å²) in [4.78, 5) is 8.08. The van der Waals surface area contributed by atoms with Gasteiger partial charge in [0.05, 0.1) is 0 Å². The van der Waals surface area contributed by atoms with Crippen LogP contribution in [0, 0.1) is 0 Å². The monoisotopic (exact) mass is 266 g/mol. The Hall–Kier alpha value is -2.88. The van der Waals surface area contributed by atoms with Gasteiger partial charge in [0, 0.05) is 23.6 Å². The summed E-state index contributed by atoms with van der Waals surface area (Å²) < 4.78 is 0. The normalized spacial score (nSPS) is 11.2. The first-order chi connectivity index (χ1) is 9.66. The molecular weight excluding hydrogens is 252 g/mol. The van der Waals surface area contributed by atoms with Crippen molar-refractivity contribution in [3.63, 3.8) is 0 Å². The summed E-state index contributed by atoms with van der Waals surface area (Å²) in [6, 6.07) is 13.7. The predicted molar refractivity (Wildman–Crippen MR) is 80.5 cm³/mol. The van der Waals surface area contributed by atoms with Gasteiger partial charge in [-0.2, -0.15) is 0 Å². The van der Waals surface area contributed by atoms with Crippen LogP contribution >= 0.6 is 0 Å². The third-order valence-electron chi connectivity index (χ3n) is 2.58. The highest BCUT2D eigenvalue weighted by atomic mass is 16.3. The van der Waals surface area contributed by atoms with Crippen LogP contribution < -0.4 is 0 Å². The van der Waals surface area contributed by atoms with E-state index < -0.39 is 0 Å². The van der Waals surface area contributed by atoms with Crippen LogP contribution in [0.25, 0.3) is 0 Å². The molecule has 2 rings (SSSR count). The van der Waals surface area contributed by atoms with E-state index in [-0.39, 0.29) is 17.3 Å².